The molecule has 0 spiro atoms. The predicted octanol–water partition coefficient (Wildman–Crippen LogP) is 2.50. The van der Waals surface area contributed by atoms with Crippen molar-refractivity contribution in [2.45, 2.75) is 13.0 Å². The van der Waals surface area contributed by atoms with Crippen molar-refractivity contribution in [1.29, 1.82) is 0 Å². The average Bonchev–Trinajstić information content (AvgIpc) is 2.65. The topological polar surface area (TPSA) is 20.3 Å². The summed E-state index contributed by atoms with van der Waals surface area (Å²) in [6.45, 7) is 4.10. The second-order valence-corrected chi connectivity index (χ2v) is 4.17. The van der Waals surface area contributed by atoms with Crippen LogP contribution in [0.25, 0.3) is 0 Å². The van der Waals surface area contributed by atoms with Gasteiger partial charge in [0.05, 0.1) is 6.54 Å². The highest BCUT2D eigenvalue weighted by molar-refractivity contribution is 5.79. The van der Waals surface area contributed by atoms with Crippen molar-refractivity contribution >= 4 is 5.91 Å². The first-order valence-corrected chi connectivity index (χ1v) is 5.45. The lowest BCUT2D eigenvalue weighted by atomic mass is 10.1. The number of benzene rings is 1. The minimum atomic E-state index is -0.611. The largest absolute Gasteiger partial charge is 0.338 e. The second kappa shape index (κ2) is 4.65. The van der Waals surface area contributed by atoms with E-state index < -0.39 is 11.6 Å². The van der Waals surface area contributed by atoms with Crippen LogP contribution in [0.2, 0.25) is 0 Å². The van der Waals surface area contributed by atoms with Crippen molar-refractivity contribution in [1.82, 2.24) is 4.90 Å². The van der Waals surface area contributed by atoms with Gasteiger partial charge in [-0.3, -0.25) is 4.79 Å². The number of hydrogen-bond donors (Lipinski definition) is 0. The molecule has 90 valence electrons. The molecule has 0 saturated carbocycles. The van der Waals surface area contributed by atoms with Crippen molar-refractivity contribution in [2.24, 2.45) is 5.92 Å². The maximum absolute atomic E-state index is 13.4. The SMILES string of the molecule is C=CC1CC(=O)N(Cc2c(F)cccc2F)C1. The van der Waals surface area contributed by atoms with Crippen LogP contribution in [0, 0.1) is 17.6 Å². The maximum Gasteiger partial charge on any atom is 0.223 e. The number of carbonyl (C=O) groups excluding carboxylic acids is 1. The third-order valence-corrected chi connectivity index (χ3v) is 2.99. The van der Waals surface area contributed by atoms with E-state index in [1.54, 1.807) is 6.08 Å². The third-order valence-electron chi connectivity index (χ3n) is 2.99. The minimum Gasteiger partial charge on any atom is -0.338 e. The first-order valence-electron chi connectivity index (χ1n) is 5.45. The molecular formula is C13H13F2NO. The van der Waals surface area contributed by atoms with Gasteiger partial charge in [0, 0.05) is 24.4 Å². The zero-order valence-corrected chi connectivity index (χ0v) is 9.33. The smallest absolute Gasteiger partial charge is 0.223 e. The Kier molecular flexibility index (Phi) is 3.22. The summed E-state index contributed by atoms with van der Waals surface area (Å²) in [6, 6.07) is 3.71. The van der Waals surface area contributed by atoms with Gasteiger partial charge in [0.15, 0.2) is 0 Å². The maximum atomic E-state index is 13.4. The standard InChI is InChI=1S/C13H13F2NO/c1-2-9-6-13(17)16(7-9)8-10-11(14)4-3-5-12(10)15/h2-5,9H,1,6-8H2. The molecule has 1 amide bonds. The average molecular weight is 237 g/mol. The molecule has 1 aliphatic heterocycles. The lowest BCUT2D eigenvalue weighted by Gasteiger charge is -2.16. The Morgan fingerprint density at radius 2 is 2.06 bits per heavy atom. The Bertz CT molecular complexity index is 438. The van der Waals surface area contributed by atoms with Gasteiger partial charge in [-0.2, -0.15) is 0 Å². The molecule has 1 atom stereocenters. The highest BCUT2D eigenvalue weighted by Crippen LogP contribution is 2.22. The summed E-state index contributed by atoms with van der Waals surface area (Å²) >= 11 is 0. The van der Waals surface area contributed by atoms with Gasteiger partial charge >= 0.3 is 0 Å². The van der Waals surface area contributed by atoms with Crippen molar-refractivity contribution < 1.29 is 13.6 Å². The van der Waals surface area contributed by atoms with Crippen molar-refractivity contribution in [2.75, 3.05) is 6.54 Å². The molecule has 1 aliphatic rings. The highest BCUT2D eigenvalue weighted by atomic mass is 19.1. The number of nitrogens with zero attached hydrogens (tertiary/aromatic N) is 1. The first kappa shape index (κ1) is 11.8. The van der Waals surface area contributed by atoms with E-state index in [0.29, 0.717) is 13.0 Å². The molecular weight excluding hydrogens is 224 g/mol. The number of likely N-dealkylation sites (tertiary alicyclic amines) is 1. The van der Waals surface area contributed by atoms with E-state index in [4.69, 9.17) is 0 Å². The molecule has 1 fully saturated rings. The summed E-state index contributed by atoms with van der Waals surface area (Å²) in [6.07, 6.45) is 2.08. The summed E-state index contributed by atoms with van der Waals surface area (Å²) in [4.78, 5) is 13.1. The van der Waals surface area contributed by atoms with Crippen LogP contribution in [0.5, 0.6) is 0 Å². The Balaban J connectivity index is 2.16. The molecule has 1 aromatic carbocycles. The quantitative estimate of drug-likeness (QED) is 0.740. The Morgan fingerprint density at radius 1 is 1.41 bits per heavy atom. The van der Waals surface area contributed by atoms with Crippen LogP contribution in [-0.2, 0) is 11.3 Å². The molecule has 4 heteroatoms. The summed E-state index contributed by atoms with van der Waals surface area (Å²) in [5, 5.41) is 0. The number of hydrogen-bond acceptors (Lipinski definition) is 1. The summed E-state index contributed by atoms with van der Waals surface area (Å²) in [5.41, 5.74) is -0.0504. The second-order valence-electron chi connectivity index (χ2n) is 4.17. The summed E-state index contributed by atoms with van der Waals surface area (Å²) < 4.78 is 26.8. The fraction of sp³-hybridized carbons (Fsp3) is 0.308. The number of halogens is 2. The van der Waals surface area contributed by atoms with E-state index >= 15 is 0 Å². The fourth-order valence-corrected chi connectivity index (χ4v) is 1.99. The third kappa shape index (κ3) is 2.35. The van der Waals surface area contributed by atoms with Crippen LogP contribution in [0.3, 0.4) is 0 Å². The molecule has 17 heavy (non-hydrogen) atoms. The Hall–Kier alpha value is -1.71. The summed E-state index contributed by atoms with van der Waals surface area (Å²) in [5.74, 6) is -1.23. The van der Waals surface area contributed by atoms with Crippen molar-refractivity contribution in [3.05, 3.63) is 48.1 Å². The van der Waals surface area contributed by atoms with E-state index in [1.807, 2.05) is 0 Å². The molecule has 1 saturated heterocycles. The zero-order chi connectivity index (χ0) is 12.4. The molecule has 2 nitrogen and oxygen atoms in total. The normalized spacial score (nSPS) is 19.8. The number of carbonyl (C=O) groups is 1. The first-order chi connectivity index (χ1) is 8.11. The van der Waals surface area contributed by atoms with Crippen LogP contribution in [0.15, 0.2) is 30.9 Å². The van der Waals surface area contributed by atoms with Crippen LogP contribution < -0.4 is 0 Å². The van der Waals surface area contributed by atoms with Crippen LogP contribution >= 0.6 is 0 Å². The molecule has 1 heterocycles. The minimum absolute atomic E-state index is 0.0122. The van der Waals surface area contributed by atoms with Crippen LogP contribution in [-0.4, -0.2) is 17.4 Å². The van der Waals surface area contributed by atoms with E-state index in [1.165, 1.54) is 23.1 Å². The lowest BCUT2D eigenvalue weighted by molar-refractivity contribution is -0.128. The number of amides is 1. The Labute approximate surface area is 98.5 Å². The van der Waals surface area contributed by atoms with E-state index in [-0.39, 0.29) is 23.9 Å². The van der Waals surface area contributed by atoms with Gasteiger partial charge in [-0.1, -0.05) is 12.1 Å². The van der Waals surface area contributed by atoms with Gasteiger partial charge in [0.2, 0.25) is 5.91 Å². The molecule has 1 unspecified atom stereocenters. The van der Waals surface area contributed by atoms with Gasteiger partial charge in [-0.15, -0.1) is 6.58 Å². The fourth-order valence-electron chi connectivity index (χ4n) is 1.99. The molecule has 1 aromatic rings. The van der Waals surface area contributed by atoms with E-state index in [9.17, 15) is 13.6 Å². The van der Waals surface area contributed by atoms with Crippen LogP contribution in [0.4, 0.5) is 8.78 Å². The molecule has 2 rings (SSSR count). The van der Waals surface area contributed by atoms with E-state index in [0.717, 1.165) is 0 Å². The van der Waals surface area contributed by atoms with E-state index in [2.05, 4.69) is 6.58 Å². The highest BCUT2D eigenvalue weighted by Gasteiger charge is 2.28. The monoisotopic (exact) mass is 237 g/mol. The molecule has 0 radical (unpaired) electrons. The molecule has 0 N–H and O–H groups in total. The van der Waals surface area contributed by atoms with Gasteiger partial charge in [-0.25, -0.2) is 8.78 Å². The van der Waals surface area contributed by atoms with Gasteiger partial charge < -0.3 is 4.90 Å². The molecule has 0 aliphatic carbocycles. The van der Waals surface area contributed by atoms with Crippen molar-refractivity contribution in [3.63, 3.8) is 0 Å². The van der Waals surface area contributed by atoms with Crippen molar-refractivity contribution in [3.8, 4) is 0 Å². The lowest BCUT2D eigenvalue weighted by Crippen LogP contribution is -2.25. The molecule has 0 bridgehead atoms. The zero-order valence-electron chi connectivity index (χ0n) is 9.33. The number of rotatable bonds is 3. The van der Waals surface area contributed by atoms with Gasteiger partial charge in [-0.05, 0) is 12.1 Å². The van der Waals surface area contributed by atoms with Crippen LogP contribution in [0.1, 0.15) is 12.0 Å². The molecule has 0 aromatic heterocycles. The Morgan fingerprint density at radius 3 is 2.59 bits per heavy atom. The summed E-state index contributed by atoms with van der Waals surface area (Å²) in [7, 11) is 0. The van der Waals surface area contributed by atoms with Gasteiger partial charge in [0.1, 0.15) is 11.6 Å². The predicted molar refractivity (Wildman–Crippen MR) is 60.1 cm³/mol. The van der Waals surface area contributed by atoms with Gasteiger partial charge in [0.25, 0.3) is 0 Å².